The fraction of sp³-hybridized carbons (Fsp3) is 0.250. The Morgan fingerprint density at radius 3 is 2.67 bits per heavy atom. The number of nitrogens with zero attached hydrogens (tertiary/aromatic N) is 3. The minimum absolute atomic E-state index is 0.129. The monoisotopic (exact) mass is 382 g/mol. The third-order valence-electron chi connectivity index (χ3n) is 3.89. The van der Waals surface area contributed by atoms with E-state index in [1.165, 1.54) is 0 Å². The van der Waals surface area contributed by atoms with Crippen molar-refractivity contribution in [2.24, 2.45) is 0 Å². The van der Waals surface area contributed by atoms with Crippen molar-refractivity contribution < 1.29 is 9.53 Å². The van der Waals surface area contributed by atoms with E-state index in [-0.39, 0.29) is 6.03 Å². The van der Waals surface area contributed by atoms with Gasteiger partial charge in [-0.2, -0.15) is 0 Å². The number of hydrogen-bond donors (Lipinski definition) is 1. The molecule has 6 nitrogen and oxygen atoms in total. The molecule has 2 heterocycles. The SMILES string of the molecule is Cc1nc(CN(C)C(=O)NCc2ccc(OCc3ccccn3)cc2)cs1. The molecule has 0 aliphatic heterocycles. The fourth-order valence-electron chi connectivity index (χ4n) is 2.45. The van der Waals surface area contributed by atoms with E-state index in [2.05, 4.69) is 15.3 Å². The fourth-order valence-corrected chi connectivity index (χ4v) is 3.06. The van der Waals surface area contributed by atoms with Crippen molar-refractivity contribution in [2.75, 3.05) is 7.05 Å². The average molecular weight is 382 g/mol. The molecule has 0 saturated heterocycles. The molecular weight excluding hydrogens is 360 g/mol. The molecule has 27 heavy (non-hydrogen) atoms. The number of amides is 2. The Hall–Kier alpha value is -2.93. The van der Waals surface area contributed by atoms with Crippen LogP contribution in [0.25, 0.3) is 0 Å². The summed E-state index contributed by atoms with van der Waals surface area (Å²) in [4.78, 5) is 22.4. The van der Waals surface area contributed by atoms with E-state index in [1.807, 2.05) is 54.8 Å². The van der Waals surface area contributed by atoms with Crippen LogP contribution in [0.4, 0.5) is 4.79 Å². The van der Waals surface area contributed by atoms with E-state index in [1.54, 1.807) is 29.5 Å². The summed E-state index contributed by atoms with van der Waals surface area (Å²) in [5.74, 6) is 0.770. The van der Waals surface area contributed by atoms with Crippen molar-refractivity contribution in [3.05, 3.63) is 76.0 Å². The Morgan fingerprint density at radius 2 is 2.00 bits per heavy atom. The van der Waals surface area contributed by atoms with Crippen molar-refractivity contribution >= 4 is 17.4 Å². The number of benzene rings is 1. The predicted molar refractivity (Wildman–Crippen MR) is 106 cm³/mol. The van der Waals surface area contributed by atoms with Crippen molar-refractivity contribution in [1.82, 2.24) is 20.2 Å². The predicted octanol–water partition coefficient (Wildman–Crippen LogP) is 3.77. The molecule has 0 aliphatic carbocycles. The molecule has 2 amide bonds. The summed E-state index contributed by atoms with van der Waals surface area (Å²) in [5.41, 5.74) is 2.79. The minimum atomic E-state index is -0.129. The number of nitrogens with one attached hydrogen (secondary N) is 1. The molecule has 0 radical (unpaired) electrons. The van der Waals surface area contributed by atoms with Crippen LogP contribution >= 0.6 is 11.3 Å². The van der Waals surface area contributed by atoms with Gasteiger partial charge < -0.3 is 15.0 Å². The van der Waals surface area contributed by atoms with Gasteiger partial charge in [-0.25, -0.2) is 9.78 Å². The van der Waals surface area contributed by atoms with Gasteiger partial charge in [0.2, 0.25) is 0 Å². The third-order valence-corrected chi connectivity index (χ3v) is 4.71. The zero-order valence-electron chi connectivity index (χ0n) is 15.4. The minimum Gasteiger partial charge on any atom is -0.487 e. The maximum atomic E-state index is 12.2. The van der Waals surface area contributed by atoms with E-state index in [0.29, 0.717) is 19.7 Å². The highest BCUT2D eigenvalue weighted by atomic mass is 32.1. The summed E-state index contributed by atoms with van der Waals surface area (Å²) in [6.45, 7) is 3.34. The number of ether oxygens (including phenoxy) is 1. The Morgan fingerprint density at radius 1 is 1.19 bits per heavy atom. The Bertz CT molecular complexity index is 865. The van der Waals surface area contributed by atoms with Gasteiger partial charge in [-0.15, -0.1) is 11.3 Å². The molecule has 3 aromatic rings. The van der Waals surface area contributed by atoms with Gasteiger partial charge in [0.1, 0.15) is 12.4 Å². The lowest BCUT2D eigenvalue weighted by atomic mass is 10.2. The summed E-state index contributed by atoms with van der Waals surface area (Å²) in [6.07, 6.45) is 1.75. The van der Waals surface area contributed by atoms with E-state index in [4.69, 9.17) is 4.74 Å². The van der Waals surface area contributed by atoms with Gasteiger partial charge >= 0.3 is 6.03 Å². The largest absolute Gasteiger partial charge is 0.487 e. The lowest BCUT2D eigenvalue weighted by Gasteiger charge is -2.17. The van der Waals surface area contributed by atoms with Gasteiger partial charge in [0.15, 0.2) is 0 Å². The van der Waals surface area contributed by atoms with Crippen molar-refractivity contribution in [2.45, 2.75) is 26.6 Å². The Kier molecular flexibility index (Phi) is 6.38. The van der Waals surface area contributed by atoms with Crippen LogP contribution in [0.1, 0.15) is 22.0 Å². The quantitative estimate of drug-likeness (QED) is 0.675. The van der Waals surface area contributed by atoms with E-state index < -0.39 is 0 Å². The number of carbonyl (C=O) groups is 1. The second-order valence-electron chi connectivity index (χ2n) is 6.13. The molecule has 1 N–H and O–H groups in total. The summed E-state index contributed by atoms with van der Waals surface area (Å²) in [6, 6.07) is 13.3. The number of pyridine rings is 1. The van der Waals surface area contributed by atoms with Crippen LogP contribution in [0, 0.1) is 6.92 Å². The molecule has 0 atom stereocenters. The van der Waals surface area contributed by atoms with Gasteiger partial charge in [0.05, 0.1) is 22.9 Å². The standard InChI is InChI=1S/C20H22N4O2S/c1-15-23-18(14-27-15)12-24(2)20(25)22-11-16-6-8-19(9-7-16)26-13-17-5-3-4-10-21-17/h3-10,14H,11-13H2,1-2H3,(H,22,25). The molecule has 7 heteroatoms. The van der Waals surface area contributed by atoms with Crippen LogP contribution < -0.4 is 10.1 Å². The number of aromatic nitrogens is 2. The maximum absolute atomic E-state index is 12.2. The Balaban J connectivity index is 1.44. The first-order chi connectivity index (χ1) is 13.1. The van der Waals surface area contributed by atoms with Crippen LogP contribution in [0.15, 0.2) is 54.0 Å². The number of aryl methyl sites for hydroxylation is 1. The molecule has 0 aliphatic rings. The molecule has 1 aromatic carbocycles. The highest BCUT2D eigenvalue weighted by Crippen LogP contribution is 2.14. The molecule has 140 valence electrons. The number of hydrogen-bond acceptors (Lipinski definition) is 5. The number of rotatable bonds is 7. The van der Waals surface area contributed by atoms with Crippen molar-refractivity contribution in [3.8, 4) is 5.75 Å². The van der Waals surface area contributed by atoms with Gasteiger partial charge in [-0.3, -0.25) is 4.98 Å². The number of thiazole rings is 1. The molecular formula is C20H22N4O2S. The maximum Gasteiger partial charge on any atom is 0.317 e. The topological polar surface area (TPSA) is 67.4 Å². The summed E-state index contributed by atoms with van der Waals surface area (Å²) < 4.78 is 5.72. The van der Waals surface area contributed by atoms with Crippen LogP contribution in [-0.2, 0) is 19.7 Å². The first kappa shape index (κ1) is 18.8. The normalized spacial score (nSPS) is 10.4. The summed E-state index contributed by atoms with van der Waals surface area (Å²) in [5, 5.41) is 5.89. The van der Waals surface area contributed by atoms with Crippen LogP contribution in [0.2, 0.25) is 0 Å². The van der Waals surface area contributed by atoms with E-state index in [9.17, 15) is 4.79 Å². The highest BCUT2D eigenvalue weighted by molar-refractivity contribution is 7.09. The van der Waals surface area contributed by atoms with E-state index in [0.717, 1.165) is 27.7 Å². The van der Waals surface area contributed by atoms with Gasteiger partial charge in [0, 0.05) is 25.2 Å². The highest BCUT2D eigenvalue weighted by Gasteiger charge is 2.10. The van der Waals surface area contributed by atoms with Crippen molar-refractivity contribution in [1.29, 1.82) is 0 Å². The van der Waals surface area contributed by atoms with E-state index >= 15 is 0 Å². The zero-order chi connectivity index (χ0) is 19.1. The van der Waals surface area contributed by atoms with Gasteiger partial charge in [-0.05, 0) is 36.8 Å². The lowest BCUT2D eigenvalue weighted by Crippen LogP contribution is -2.36. The molecule has 2 aromatic heterocycles. The smallest absolute Gasteiger partial charge is 0.317 e. The molecule has 0 bridgehead atoms. The molecule has 0 unspecified atom stereocenters. The van der Waals surface area contributed by atoms with Crippen LogP contribution in [0.5, 0.6) is 5.75 Å². The van der Waals surface area contributed by atoms with Gasteiger partial charge in [0.25, 0.3) is 0 Å². The number of urea groups is 1. The summed E-state index contributed by atoms with van der Waals surface area (Å²) >= 11 is 1.59. The Labute approximate surface area is 162 Å². The lowest BCUT2D eigenvalue weighted by molar-refractivity contribution is 0.206. The second kappa shape index (κ2) is 9.14. The first-order valence-corrected chi connectivity index (χ1v) is 9.50. The molecule has 0 saturated carbocycles. The average Bonchev–Trinajstić information content (AvgIpc) is 3.10. The summed E-state index contributed by atoms with van der Waals surface area (Å²) in [7, 11) is 1.76. The number of carbonyl (C=O) groups excluding carboxylic acids is 1. The molecule has 0 spiro atoms. The molecule has 3 rings (SSSR count). The van der Waals surface area contributed by atoms with Crippen molar-refractivity contribution in [3.63, 3.8) is 0 Å². The van der Waals surface area contributed by atoms with Crippen LogP contribution in [-0.4, -0.2) is 27.9 Å². The van der Waals surface area contributed by atoms with Gasteiger partial charge in [-0.1, -0.05) is 18.2 Å². The van der Waals surface area contributed by atoms with Crippen LogP contribution in [0.3, 0.4) is 0 Å². The second-order valence-corrected chi connectivity index (χ2v) is 7.19. The third kappa shape index (κ3) is 5.79. The zero-order valence-corrected chi connectivity index (χ0v) is 16.2. The molecule has 0 fully saturated rings. The first-order valence-electron chi connectivity index (χ1n) is 8.62.